The van der Waals surface area contributed by atoms with E-state index in [1.807, 2.05) is 0 Å². The van der Waals surface area contributed by atoms with Gasteiger partial charge in [-0.1, -0.05) is 0 Å². The molecular weight excluding hydrogens is 221 g/mol. The Bertz CT molecular complexity index is 300. The van der Waals surface area contributed by atoms with Gasteiger partial charge in [0.1, 0.15) is 0 Å². The first-order valence-electron chi connectivity index (χ1n) is 4.93. The van der Waals surface area contributed by atoms with Gasteiger partial charge in [-0.05, 0) is 13.0 Å². The summed E-state index contributed by atoms with van der Waals surface area (Å²) in [5.41, 5.74) is -2.29. The molecule has 0 aromatic carbocycles. The molecule has 90 valence electrons. The first-order chi connectivity index (χ1) is 7.44. The predicted octanol–water partition coefficient (Wildman–Crippen LogP) is 0.668. The first kappa shape index (κ1) is 12.8. The summed E-state index contributed by atoms with van der Waals surface area (Å²) in [6.45, 7) is -0.0897. The fourth-order valence-corrected chi connectivity index (χ4v) is 1.67. The third-order valence-electron chi connectivity index (χ3n) is 2.69. The number of rotatable bonds is 3. The summed E-state index contributed by atoms with van der Waals surface area (Å²) in [7, 11) is 0. The molecule has 2 N–H and O–H groups in total. The Kier molecular flexibility index (Phi) is 3.81. The van der Waals surface area contributed by atoms with Gasteiger partial charge >= 0.3 is 6.18 Å². The van der Waals surface area contributed by atoms with Crippen LogP contribution in [-0.4, -0.2) is 31.7 Å². The average Bonchev–Trinajstić information content (AvgIpc) is 2.66. The highest BCUT2D eigenvalue weighted by Crippen LogP contribution is 2.43. The Balaban J connectivity index is 2.71. The van der Waals surface area contributed by atoms with E-state index in [4.69, 9.17) is 6.42 Å². The minimum absolute atomic E-state index is 0.0766. The zero-order chi connectivity index (χ0) is 12.2. The highest BCUT2D eigenvalue weighted by molar-refractivity contribution is 5.84. The Morgan fingerprint density at radius 1 is 1.56 bits per heavy atom. The van der Waals surface area contributed by atoms with Crippen molar-refractivity contribution < 1.29 is 18.0 Å². The lowest BCUT2D eigenvalue weighted by atomic mass is 9.85. The molecular formula is C10H13F3N2O. The smallest absolute Gasteiger partial charge is 0.354 e. The number of amides is 1. The number of halogens is 3. The molecule has 1 aliphatic heterocycles. The van der Waals surface area contributed by atoms with Crippen LogP contribution in [-0.2, 0) is 4.79 Å². The topological polar surface area (TPSA) is 41.1 Å². The predicted molar refractivity (Wildman–Crippen MR) is 52.4 cm³/mol. The van der Waals surface area contributed by atoms with Crippen molar-refractivity contribution >= 4 is 5.91 Å². The Labute approximate surface area is 91.8 Å². The van der Waals surface area contributed by atoms with Gasteiger partial charge in [0.15, 0.2) is 5.41 Å². The maximum Gasteiger partial charge on any atom is 0.404 e. The third-order valence-corrected chi connectivity index (χ3v) is 2.69. The monoisotopic (exact) mass is 234 g/mol. The molecule has 1 aliphatic rings. The second-order valence-electron chi connectivity index (χ2n) is 3.72. The van der Waals surface area contributed by atoms with E-state index in [9.17, 15) is 18.0 Å². The maximum atomic E-state index is 12.8. The molecule has 0 aliphatic carbocycles. The van der Waals surface area contributed by atoms with Gasteiger partial charge in [0.2, 0.25) is 5.91 Å². The Morgan fingerprint density at radius 2 is 2.25 bits per heavy atom. The summed E-state index contributed by atoms with van der Waals surface area (Å²) >= 11 is 0. The molecule has 1 unspecified atom stereocenters. The molecule has 1 saturated heterocycles. The summed E-state index contributed by atoms with van der Waals surface area (Å²) in [5.74, 6) is 1.27. The number of carbonyl (C=O) groups excluding carboxylic acids is 1. The number of alkyl halides is 3. The fraction of sp³-hybridized carbons (Fsp3) is 0.700. The molecule has 1 fully saturated rings. The van der Waals surface area contributed by atoms with Crippen LogP contribution in [0.5, 0.6) is 0 Å². The SMILES string of the molecule is C#CCCNC(=O)C1(C(F)(F)F)CCNC1. The van der Waals surface area contributed by atoms with Crippen molar-refractivity contribution in [1.82, 2.24) is 10.6 Å². The summed E-state index contributed by atoms with van der Waals surface area (Å²) in [6, 6.07) is 0. The molecule has 6 heteroatoms. The van der Waals surface area contributed by atoms with E-state index in [1.165, 1.54) is 0 Å². The third kappa shape index (κ3) is 2.30. The lowest BCUT2D eigenvalue weighted by Gasteiger charge is -2.29. The van der Waals surface area contributed by atoms with Crippen LogP contribution in [0.25, 0.3) is 0 Å². The Hall–Kier alpha value is -1.22. The highest BCUT2D eigenvalue weighted by atomic mass is 19.4. The maximum absolute atomic E-state index is 12.8. The zero-order valence-corrected chi connectivity index (χ0v) is 8.66. The van der Waals surface area contributed by atoms with E-state index >= 15 is 0 Å². The lowest BCUT2D eigenvalue weighted by molar-refractivity contribution is -0.215. The van der Waals surface area contributed by atoms with Gasteiger partial charge in [-0.25, -0.2) is 0 Å². The molecule has 1 atom stereocenters. The summed E-state index contributed by atoms with van der Waals surface area (Å²) in [6.07, 6.45) is 0.425. The van der Waals surface area contributed by atoms with Crippen molar-refractivity contribution in [2.75, 3.05) is 19.6 Å². The molecule has 0 spiro atoms. The standard InChI is InChI=1S/C10H13F3N2O/c1-2-3-5-15-8(16)9(10(11,12)13)4-6-14-7-9/h1,14H,3-7H2,(H,15,16). The minimum Gasteiger partial charge on any atom is -0.354 e. The molecule has 0 aromatic heterocycles. The van der Waals surface area contributed by atoms with Crippen LogP contribution in [0.1, 0.15) is 12.8 Å². The summed E-state index contributed by atoms with van der Waals surface area (Å²) < 4.78 is 38.5. The number of carbonyl (C=O) groups is 1. The van der Waals surface area contributed by atoms with Crippen LogP contribution in [0.3, 0.4) is 0 Å². The lowest BCUT2D eigenvalue weighted by Crippen LogP contribution is -2.52. The van der Waals surface area contributed by atoms with Crippen LogP contribution in [0, 0.1) is 17.8 Å². The number of hydrogen-bond donors (Lipinski definition) is 2. The van der Waals surface area contributed by atoms with Gasteiger partial charge in [-0.3, -0.25) is 4.79 Å². The van der Waals surface area contributed by atoms with Gasteiger partial charge in [0.05, 0.1) is 0 Å². The molecule has 1 rings (SSSR count). The van der Waals surface area contributed by atoms with Gasteiger partial charge in [-0.2, -0.15) is 13.2 Å². The van der Waals surface area contributed by atoms with Crippen molar-refractivity contribution in [3.8, 4) is 12.3 Å². The molecule has 0 saturated carbocycles. The molecule has 1 heterocycles. The largest absolute Gasteiger partial charge is 0.404 e. The van der Waals surface area contributed by atoms with Gasteiger partial charge in [0, 0.05) is 19.5 Å². The quantitative estimate of drug-likeness (QED) is 0.556. The molecule has 0 aromatic rings. The molecule has 1 amide bonds. The second kappa shape index (κ2) is 4.74. The van der Waals surface area contributed by atoms with E-state index in [1.54, 1.807) is 0 Å². The summed E-state index contributed by atoms with van der Waals surface area (Å²) in [4.78, 5) is 11.5. The van der Waals surface area contributed by atoms with Gasteiger partial charge in [-0.15, -0.1) is 12.3 Å². The zero-order valence-electron chi connectivity index (χ0n) is 8.66. The van der Waals surface area contributed by atoms with Crippen molar-refractivity contribution in [3.63, 3.8) is 0 Å². The molecule has 16 heavy (non-hydrogen) atoms. The van der Waals surface area contributed by atoms with Crippen LogP contribution in [0.4, 0.5) is 13.2 Å². The number of terminal acetylenes is 1. The first-order valence-corrected chi connectivity index (χ1v) is 4.93. The minimum atomic E-state index is -4.53. The van der Waals surface area contributed by atoms with Crippen LogP contribution in [0.15, 0.2) is 0 Å². The molecule has 0 radical (unpaired) electrons. The van der Waals surface area contributed by atoms with Crippen LogP contribution in [0.2, 0.25) is 0 Å². The normalized spacial score (nSPS) is 25.1. The number of hydrogen-bond acceptors (Lipinski definition) is 2. The van der Waals surface area contributed by atoms with E-state index in [-0.39, 0.29) is 32.5 Å². The van der Waals surface area contributed by atoms with E-state index in [2.05, 4.69) is 16.6 Å². The fourth-order valence-electron chi connectivity index (χ4n) is 1.67. The molecule has 0 bridgehead atoms. The van der Waals surface area contributed by atoms with Crippen molar-refractivity contribution in [1.29, 1.82) is 0 Å². The highest BCUT2D eigenvalue weighted by Gasteiger charge is 2.61. The average molecular weight is 234 g/mol. The summed E-state index contributed by atoms with van der Waals surface area (Å²) in [5, 5.41) is 4.80. The van der Waals surface area contributed by atoms with Crippen molar-refractivity contribution in [2.45, 2.75) is 19.0 Å². The molecule has 3 nitrogen and oxygen atoms in total. The van der Waals surface area contributed by atoms with Crippen molar-refractivity contribution in [2.24, 2.45) is 5.41 Å². The van der Waals surface area contributed by atoms with Crippen LogP contribution >= 0.6 is 0 Å². The second-order valence-corrected chi connectivity index (χ2v) is 3.72. The van der Waals surface area contributed by atoms with Gasteiger partial charge in [0.25, 0.3) is 0 Å². The van der Waals surface area contributed by atoms with E-state index in [0.29, 0.717) is 0 Å². The van der Waals surface area contributed by atoms with Crippen LogP contribution < -0.4 is 10.6 Å². The van der Waals surface area contributed by atoms with E-state index < -0.39 is 17.5 Å². The Morgan fingerprint density at radius 3 is 2.69 bits per heavy atom. The van der Waals surface area contributed by atoms with Gasteiger partial charge < -0.3 is 10.6 Å². The van der Waals surface area contributed by atoms with E-state index in [0.717, 1.165) is 0 Å². The van der Waals surface area contributed by atoms with Crippen molar-refractivity contribution in [3.05, 3.63) is 0 Å². The number of nitrogens with one attached hydrogen (secondary N) is 2.